The number of nitrogens with one attached hydrogen (secondary N) is 1. The van der Waals surface area contributed by atoms with Crippen LogP contribution in [-0.4, -0.2) is 33.1 Å². The Morgan fingerprint density at radius 2 is 2.21 bits per heavy atom. The molecule has 0 aromatic heterocycles. The van der Waals surface area contributed by atoms with Crippen LogP contribution in [0, 0.1) is 0 Å². The molecule has 1 aliphatic heterocycles. The summed E-state index contributed by atoms with van der Waals surface area (Å²) in [5.74, 6) is 1.09. The molecule has 1 aliphatic rings. The Labute approximate surface area is 122 Å². The van der Waals surface area contributed by atoms with Crippen LogP contribution in [0.15, 0.2) is 16.6 Å². The first-order valence-electron chi connectivity index (χ1n) is 6.20. The standard InChI is InChI=1S/C13H18BrNO3S/c1-9(8-19(2,16)17)15-7-11-6-12(14)5-10-3-4-18-13(10)11/h5-6,9,15H,3-4,7-8H2,1-2H3. The summed E-state index contributed by atoms with van der Waals surface area (Å²) in [6.45, 7) is 3.20. The number of benzene rings is 1. The zero-order valence-corrected chi connectivity index (χ0v) is 13.5. The number of rotatable bonds is 5. The summed E-state index contributed by atoms with van der Waals surface area (Å²) in [7, 11) is -2.95. The highest BCUT2D eigenvalue weighted by Crippen LogP contribution is 2.32. The Hall–Kier alpha value is -0.590. The summed E-state index contributed by atoms with van der Waals surface area (Å²) in [4.78, 5) is 0. The van der Waals surface area contributed by atoms with Gasteiger partial charge in [0.05, 0.1) is 12.4 Å². The van der Waals surface area contributed by atoms with Gasteiger partial charge in [0.1, 0.15) is 15.6 Å². The fourth-order valence-corrected chi connectivity index (χ4v) is 3.85. The molecule has 4 nitrogen and oxygen atoms in total. The molecule has 0 saturated heterocycles. The third-order valence-electron chi connectivity index (χ3n) is 3.02. The van der Waals surface area contributed by atoms with E-state index in [0.717, 1.165) is 28.8 Å². The van der Waals surface area contributed by atoms with Crippen LogP contribution < -0.4 is 10.1 Å². The Morgan fingerprint density at radius 3 is 2.89 bits per heavy atom. The maximum Gasteiger partial charge on any atom is 0.148 e. The van der Waals surface area contributed by atoms with Gasteiger partial charge >= 0.3 is 0 Å². The normalized spacial score (nSPS) is 15.9. The molecule has 0 bridgehead atoms. The Bertz CT molecular complexity index is 571. The van der Waals surface area contributed by atoms with Crippen molar-refractivity contribution in [2.75, 3.05) is 18.6 Å². The van der Waals surface area contributed by atoms with Crippen molar-refractivity contribution >= 4 is 25.8 Å². The lowest BCUT2D eigenvalue weighted by Gasteiger charge is -2.15. The van der Waals surface area contributed by atoms with E-state index in [9.17, 15) is 8.42 Å². The van der Waals surface area contributed by atoms with E-state index in [4.69, 9.17) is 4.74 Å². The number of sulfone groups is 1. The van der Waals surface area contributed by atoms with Crippen LogP contribution >= 0.6 is 15.9 Å². The van der Waals surface area contributed by atoms with Gasteiger partial charge in [0.25, 0.3) is 0 Å². The van der Waals surface area contributed by atoms with Gasteiger partial charge in [0, 0.05) is 35.3 Å². The van der Waals surface area contributed by atoms with E-state index in [1.807, 2.05) is 13.0 Å². The van der Waals surface area contributed by atoms with Gasteiger partial charge in [-0.3, -0.25) is 0 Å². The quantitative estimate of drug-likeness (QED) is 0.883. The highest BCUT2D eigenvalue weighted by atomic mass is 79.9. The largest absolute Gasteiger partial charge is 0.493 e. The molecule has 1 unspecified atom stereocenters. The van der Waals surface area contributed by atoms with Gasteiger partial charge in [-0.1, -0.05) is 15.9 Å². The smallest absolute Gasteiger partial charge is 0.148 e. The highest BCUT2D eigenvalue weighted by molar-refractivity contribution is 9.10. The van der Waals surface area contributed by atoms with E-state index < -0.39 is 9.84 Å². The molecule has 0 aliphatic carbocycles. The monoisotopic (exact) mass is 347 g/mol. The molecule has 1 N–H and O–H groups in total. The molecule has 2 rings (SSSR count). The van der Waals surface area contributed by atoms with Gasteiger partial charge in [0.15, 0.2) is 0 Å². The first-order valence-corrected chi connectivity index (χ1v) is 9.06. The van der Waals surface area contributed by atoms with Gasteiger partial charge in [-0.15, -0.1) is 0 Å². The molecule has 1 heterocycles. The minimum absolute atomic E-state index is 0.0777. The molecule has 0 radical (unpaired) electrons. The van der Waals surface area contributed by atoms with Gasteiger partial charge in [0.2, 0.25) is 0 Å². The Kier molecular flexibility index (Phi) is 4.53. The van der Waals surface area contributed by atoms with Crippen LogP contribution in [0.5, 0.6) is 5.75 Å². The van der Waals surface area contributed by atoms with Crippen LogP contribution in [0.25, 0.3) is 0 Å². The average molecular weight is 348 g/mol. The van der Waals surface area contributed by atoms with Crippen LogP contribution in [0.4, 0.5) is 0 Å². The highest BCUT2D eigenvalue weighted by Gasteiger charge is 2.18. The maximum atomic E-state index is 11.2. The lowest BCUT2D eigenvalue weighted by molar-refractivity contribution is 0.352. The Morgan fingerprint density at radius 1 is 1.47 bits per heavy atom. The molecular weight excluding hydrogens is 330 g/mol. The van der Waals surface area contributed by atoms with E-state index in [2.05, 4.69) is 27.3 Å². The minimum Gasteiger partial charge on any atom is -0.493 e. The molecule has 19 heavy (non-hydrogen) atoms. The van der Waals surface area contributed by atoms with Gasteiger partial charge in [-0.25, -0.2) is 8.42 Å². The van der Waals surface area contributed by atoms with Crippen LogP contribution in [-0.2, 0) is 22.8 Å². The molecule has 106 valence electrons. The SMILES string of the molecule is CC(CS(C)(=O)=O)NCc1cc(Br)cc2c1OCC2. The third kappa shape index (κ3) is 4.19. The van der Waals surface area contributed by atoms with Gasteiger partial charge in [-0.2, -0.15) is 0 Å². The second kappa shape index (κ2) is 5.81. The molecule has 1 atom stereocenters. The summed E-state index contributed by atoms with van der Waals surface area (Å²) >= 11 is 3.49. The fraction of sp³-hybridized carbons (Fsp3) is 0.538. The molecule has 1 aromatic rings. The van der Waals surface area contributed by atoms with Crippen LogP contribution in [0.3, 0.4) is 0 Å². The van der Waals surface area contributed by atoms with Crippen molar-refractivity contribution in [2.45, 2.75) is 25.9 Å². The molecular formula is C13H18BrNO3S. The molecule has 1 aromatic carbocycles. The minimum atomic E-state index is -2.95. The molecule has 6 heteroatoms. The van der Waals surface area contributed by atoms with E-state index in [1.54, 1.807) is 0 Å². The predicted octanol–water partition coefficient (Wildman–Crippen LogP) is 1.91. The zero-order valence-electron chi connectivity index (χ0n) is 11.1. The third-order valence-corrected chi connectivity index (χ3v) is 4.58. The van der Waals surface area contributed by atoms with Crippen LogP contribution in [0.1, 0.15) is 18.1 Å². The molecule has 0 fully saturated rings. The Balaban J connectivity index is 2.04. The molecule has 0 amide bonds. The van der Waals surface area contributed by atoms with Gasteiger partial charge < -0.3 is 10.1 Å². The second-order valence-corrected chi connectivity index (χ2v) is 8.13. The maximum absolute atomic E-state index is 11.2. The average Bonchev–Trinajstić information content (AvgIpc) is 2.71. The number of fused-ring (bicyclic) bond motifs is 1. The number of hydrogen-bond donors (Lipinski definition) is 1. The summed E-state index contributed by atoms with van der Waals surface area (Å²) in [5, 5.41) is 3.23. The second-order valence-electron chi connectivity index (χ2n) is 5.03. The zero-order chi connectivity index (χ0) is 14.0. The molecule has 0 saturated carbocycles. The number of ether oxygens (including phenoxy) is 1. The van der Waals surface area contributed by atoms with Crippen molar-refractivity contribution in [3.05, 3.63) is 27.7 Å². The summed E-state index contributed by atoms with van der Waals surface area (Å²) in [6, 6.07) is 4.02. The van der Waals surface area contributed by atoms with E-state index in [1.165, 1.54) is 11.8 Å². The summed E-state index contributed by atoms with van der Waals surface area (Å²) in [5.41, 5.74) is 2.28. The topological polar surface area (TPSA) is 55.4 Å². The predicted molar refractivity (Wildman–Crippen MR) is 79.4 cm³/mol. The molecule has 0 spiro atoms. The first kappa shape index (κ1) is 14.8. The summed E-state index contributed by atoms with van der Waals surface area (Å²) < 4.78 is 29.1. The van der Waals surface area contributed by atoms with E-state index in [0.29, 0.717) is 6.54 Å². The van der Waals surface area contributed by atoms with Crippen molar-refractivity contribution in [3.63, 3.8) is 0 Å². The summed E-state index contributed by atoms with van der Waals surface area (Å²) in [6.07, 6.45) is 2.19. The van der Waals surface area contributed by atoms with Crippen molar-refractivity contribution in [1.29, 1.82) is 0 Å². The number of halogens is 1. The lowest BCUT2D eigenvalue weighted by Crippen LogP contribution is -2.32. The van der Waals surface area contributed by atoms with Crippen LogP contribution in [0.2, 0.25) is 0 Å². The first-order chi connectivity index (χ1) is 8.85. The van der Waals surface area contributed by atoms with E-state index >= 15 is 0 Å². The number of hydrogen-bond acceptors (Lipinski definition) is 4. The van der Waals surface area contributed by atoms with Crippen molar-refractivity contribution in [2.24, 2.45) is 0 Å². The lowest BCUT2D eigenvalue weighted by atomic mass is 10.1. The van der Waals surface area contributed by atoms with Crippen molar-refractivity contribution in [1.82, 2.24) is 5.32 Å². The fourth-order valence-electron chi connectivity index (χ4n) is 2.27. The van der Waals surface area contributed by atoms with Gasteiger partial charge in [-0.05, 0) is 24.6 Å². The van der Waals surface area contributed by atoms with Crippen molar-refractivity contribution in [3.8, 4) is 5.75 Å². The van der Waals surface area contributed by atoms with E-state index in [-0.39, 0.29) is 11.8 Å². The van der Waals surface area contributed by atoms with Crippen molar-refractivity contribution < 1.29 is 13.2 Å².